The first kappa shape index (κ1) is 18.0. The molecule has 0 aliphatic carbocycles. The van der Waals surface area contributed by atoms with Crippen LogP contribution in [-0.2, 0) is 11.3 Å². The Morgan fingerprint density at radius 3 is 2.88 bits per heavy atom. The zero-order chi connectivity index (χ0) is 17.8. The van der Waals surface area contributed by atoms with Gasteiger partial charge in [-0.25, -0.2) is 0 Å². The first-order chi connectivity index (χ1) is 12.1. The van der Waals surface area contributed by atoms with Crippen LogP contribution >= 0.6 is 34.7 Å². The standard InChI is InChI=1S/C17H17ClN4OS2/c1-3-22-16(14-5-4-8-24-14)20-21-17(22)25-10-15(23)19-13-7-6-11(2)9-12(13)18/h4-9H,3,10H2,1-2H3,(H,19,23). The Morgan fingerprint density at radius 1 is 1.36 bits per heavy atom. The highest BCUT2D eigenvalue weighted by atomic mass is 35.5. The summed E-state index contributed by atoms with van der Waals surface area (Å²) in [5, 5.41) is 14.6. The molecule has 0 saturated heterocycles. The van der Waals surface area contributed by atoms with E-state index < -0.39 is 0 Å². The number of amides is 1. The zero-order valence-electron chi connectivity index (χ0n) is 13.8. The number of benzene rings is 1. The Balaban J connectivity index is 1.66. The van der Waals surface area contributed by atoms with Crippen molar-refractivity contribution in [2.75, 3.05) is 11.1 Å². The molecular weight excluding hydrogens is 376 g/mol. The van der Waals surface area contributed by atoms with Crippen LogP contribution in [0.15, 0.2) is 40.9 Å². The topological polar surface area (TPSA) is 59.8 Å². The van der Waals surface area contributed by atoms with Gasteiger partial charge in [-0.05, 0) is 43.0 Å². The quantitative estimate of drug-likeness (QED) is 0.616. The van der Waals surface area contributed by atoms with Crippen molar-refractivity contribution >= 4 is 46.3 Å². The maximum Gasteiger partial charge on any atom is 0.234 e. The number of rotatable bonds is 6. The molecule has 0 fully saturated rings. The SMILES string of the molecule is CCn1c(SCC(=O)Nc2ccc(C)cc2Cl)nnc1-c1cccs1. The van der Waals surface area contributed by atoms with E-state index in [0.717, 1.165) is 28.0 Å². The maximum atomic E-state index is 12.2. The summed E-state index contributed by atoms with van der Waals surface area (Å²) < 4.78 is 2.02. The van der Waals surface area contributed by atoms with E-state index in [-0.39, 0.29) is 11.7 Å². The fourth-order valence-corrected chi connectivity index (χ4v) is 4.11. The highest BCUT2D eigenvalue weighted by molar-refractivity contribution is 7.99. The zero-order valence-corrected chi connectivity index (χ0v) is 16.2. The molecule has 1 N–H and O–H groups in total. The van der Waals surface area contributed by atoms with Crippen molar-refractivity contribution in [3.8, 4) is 10.7 Å². The summed E-state index contributed by atoms with van der Waals surface area (Å²) in [4.78, 5) is 13.3. The van der Waals surface area contributed by atoms with Crippen LogP contribution < -0.4 is 5.32 Å². The van der Waals surface area contributed by atoms with E-state index >= 15 is 0 Å². The molecule has 3 aromatic rings. The van der Waals surface area contributed by atoms with Crippen molar-refractivity contribution in [1.82, 2.24) is 14.8 Å². The van der Waals surface area contributed by atoms with E-state index in [0.29, 0.717) is 10.7 Å². The minimum Gasteiger partial charge on any atom is -0.324 e. The Bertz CT molecular complexity index is 877. The monoisotopic (exact) mass is 392 g/mol. The van der Waals surface area contributed by atoms with Gasteiger partial charge in [0, 0.05) is 6.54 Å². The van der Waals surface area contributed by atoms with Gasteiger partial charge in [0.2, 0.25) is 5.91 Å². The Hall–Kier alpha value is -1.83. The van der Waals surface area contributed by atoms with Crippen molar-refractivity contribution in [3.05, 3.63) is 46.3 Å². The number of halogens is 1. The van der Waals surface area contributed by atoms with E-state index in [2.05, 4.69) is 15.5 Å². The minimum atomic E-state index is -0.126. The predicted octanol–water partition coefficient (Wildman–Crippen LogP) is 4.72. The molecule has 3 rings (SSSR count). The van der Waals surface area contributed by atoms with E-state index in [4.69, 9.17) is 11.6 Å². The smallest absolute Gasteiger partial charge is 0.234 e. The van der Waals surface area contributed by atoms with Gasteiger partial charge in [0.25, 0.3) is 0 Å². The molecule has 2 heterocycles. The second-order valence-corrected chi connectivity index (χ2v) is 7.65. The van der Waals surface area contributed by atoms with E-state index in [1.54, 1.807) is 11.3 Å². The Kier molecular flexibility index (Phi) is 5.78. The van der Waals surface area contributed by atoms with E-state index in [1.807, 2.05) is 54.1 Å². The number of thiophene rings is 1. The third kappa shape index (κ3) is 4.23. The average molecular weight is 393 g/mol. The molecule has 0 aliphatic heterocycles. The van der Waals surface area contributed by atoms with Gasteiger partial charge in [0.15, 0.2) is 11.0 Å². The third-order valence-electron chi connectivity index (χ3n) is 3.51. The van der Waals surface area contributed by atoms with Crippen molar-refractivity contribution in [3.63, 3.8) is 0 Å². The maximum absolute atomic E-state index is 12.2. The lowest BCUT2D eigenvalue weighted by Crippen LogP contribution is -2.15. The lowest BCUT2D eigenvalue weighted by molar-refractivity contribution is -0.113. The molecule has 130 valence electrons. The summed E-state index contributed by atoms with van der Waals surface area (Å²) >= 11 is 9.14. The number of nitrogens with zero attached hydrogens (tertiary/aromatic N) is 3. The van der Waals surface area contributed by atoms with Gasteiger partial charge in [-0.15, -0.1) is 21.5 Å². The lowest BCUT2D eigenvalue weighted by atomic mass is 10.2. The minimum absolute atomic E-state index is 0.126. The summed E-state index contributed by atoms with van der Waals surface area (Å²) in [6.07, 6.45) is 0. The molecule has 25 heavy (non-hydrogen) atoms. The number of hydrogen-bond acceptors (Lipinski definition) is 5. The molecule has 0 radical (unpaired) electrons. The summed E-state index contributed by atoms with van der Waals surface area (Å²) in [5.41, 5.74) is 1.67. The molecule has 0 bridgehead atoms. The summed E-state index contributed by atoms with van der Waals surface area (Å²) in [7, 11) is 0. The van der Waals surface area contributed by atoms with Crippen molar-refractivity contribution in [2.24, 2.45) is 0 Å². The molecule has 0 saturated carbocycles. The third-order valence-corrected chi connectivity index (χ3v) is 5.65. The number of aryl methyl sites for hydroxylation is 1. The lowest BCUT2D eigenvalue weighted by Gasteiger charge is -2.08. The van der Waals surface area contributed by atoms with Gasteiger partial charge < -0.3 is 9.88 Å². The molecular formula is C17H17ClN4OS2. The number of carbonyl (C=O) groups excluding carboxylic acids is 1. The molecule has 2 aromatic heterocycles. The van der Waals surface area contributed by atoms with Crippen LogP contribution in [0.1, 0.15) is 12.5 Å². The summed E-state index contributed by atoms with van der Waals surface area (Å²) in [6.45, 7) is 4.74. The second kappa shape index (κ2) is 8.03. The molecule has 1 amide bonds. The number of hydrogen-bond donors (Lipinski definition) is 1. The summed E-state index contributed by atoms with van der Waals surface area (Å²) in [5.74, 6) is 0.952. The summed E-state index contributed by atoms with van der Waals surface area (Å²) in [6, 6.07) is 9.55. The Morgan fingerprint density at radius 2 is 2.20 bits per heavy atom. The first-order valence-corrected chi connectivity index (χ1v) is 9.98. The highest BCUT2D eigenvalue weighted by Crippen LogP contribution is 2.27. The largest absolute Gasteiger partial charge is 0.324 e. The fourth-order valence-electron chi connectivity index (χ4n) is 2.31. The van der Waals surface area contributed by atoms with Crippen LogP contribution in [-0.4, -0.2) is 26.4 Å². The van der Waals surface area contributed by atoms with Crippen LogP contribution in [0, 0.1) is 6.92 Å². The average Bonchev–Trinajstić information content (AvgIpc) is 3.24. The van der Waals surface area contributed by atoms with E-state index in [1.165, 1.54) is 11.8 Å². The molecule has 5 nitrogen and oxygen atoms in total. The predicted molar refractivity (Wildman–Crippen MR) is 105 cm³/mol. The number of thioether (sulfide) groups is 1. The first-order valence-electron chi connectivity index (χ1n) is 7.74. The molecule has 1 aromatic carbocycles. The van der Waals surface area contributed by atoms with Gasteiger partial charge in [0.1, 0.15) is 0 Å². The van der Waals surface area contributed by atoms with Gasteiger partial charge in [0.05, 0.1) is 21.3 Å². The molecule has 0 spiro atoms. The molecule has 0 atom stereocenters. The Labute approximate surface area is 159 Å². The fraction of sp³-hybridized carbons (Fsp3) is 0.235. The van der Waals surface area contributed by atoms with Crippen LogP contribution in [0.25, 0.3) is 10.7 Å². The number of carbonyl (C=O) groups is 1. The van der Waals surface area contributed by atoms with Crippen molar-refractivity contribution in [1.29, 1.82) is 0 Å². The van der Waals surface area contributed by atoms with Crippen molar-refractivity contribution in [2.45, 2.75) is 25.5 Å². The van der Waals surface area contributed by atoms with Crippen LogP contribution in [0.4, 0.5) is 5.69 Å². The number of aromatic nitrogens is 3. The van der Waals surface area contributed by atoms with Gasteiger partial charge in [-0.2, -0.15) is 0 Å². The normalized spacial score (nSPS) is 10.8. The second-order valence-electron chi connectivity index (χ2n) is 5.35. The number of nitrogens with one attached hydrogen (secondary N) is 1. The van der Waals surface area contributed by atoms with Crippen LogP contribution in [0.2, 0.25) is 5.02 Å². The van der Waals surface area contributed by atoms with Gasteiger partial charge in [-0.3, -0.25) is 4.79 Å². The molecule has 8 heteroatoms. The van der Waals surface area contributed by atoms with Crippen LogP contribution in [0.5, 0.6) is 0 Å². The number of anilines is 1. The van der Waals surface area contributed by atoms with Gasteiger partial charge in [-0.1, -0.05) is 35.5 Å². The van der Waals surface area contributed by atoms with E-state index in [9.17, 15) is 4.79 Å². The molecule has 0 aliphatic rings. The highest BCUT2D eigenvalue weighted by Gasteiger charge is 2.15. The molecule has 0 unspecified atom stereocenters. The van der Waals surface area contributed by atoms with Crippen molar-refractivity contribution < 1.29 is 4.79 Å². The van der Waals surface area contributed by atoms with Crippen LogP contribution in [0.3, 0.4) is 0 Å². The van der Waals surface area contributed by atoms with Gasteiger partial charge >= 0.3 is 0 Å².